The van der Waals surface area contributed by atoms with Gasteiger partial charge in [0.25, 0.3) is 10.1 Å². The summed E-state index contributed by atoms with van der Waals surface area (Å²) in [5.74, 6) is 0. The molecule has 0 saturated heterocycles. The number of aliphatic hydroxyl groups excluding tert-OH is 1. The third-order valence-corrected chi connectivity index (χ3v) is 5.57. The standard InChI is InChI=1S/C16H34O4S/c1-3-15(17)13-11-9-7-5-6-8-10-12-14-16(4-2)21(18,19)20/h15-17H,3-14H2,1-2H3,(H,18,19,20). The van der Waals surface area contributed by atoms with Crippen molar-refractivity contribution in [1.82, 2.24) is 0 Å². The summed E-state index contributed by atoms with van der Waals surface area (Å²) in [6.07, 6.45) is 11.7. The molecule has 2 N–H and O–H groups in total. The topological polar surface area (TPSA) is 74.6 Å². The molecule has 4 nitrogen and oxygen atoms in total. The van der Waals surface area contributed by atoms with E-state index in [-0.39, 0.29) is 6.10 Å². The van der Waals surface area contributed by atoms with E-state index in [9.17, 15) is 13.5 Å². The molecule has 0 aliphatic heterocycles. The fraction of sp³-hybridized carbons (Fsp3) is 1.00. The maximum absolute atomic E-state index is 11.0. The molecule has 0 aliphatic rings. The molecular formula is C16H34O4S. The van der Waals surface area contributed by atoms with Crippen LogP contribution in [0.15, 0.2) is 0 Å². The Balaban J connectivity index is 3.37. The van der Waals surface area contributed by atoms with Crippen LogP contribution >= 0.6 is 0 Å². The summed E-state index contributed by atoms with van der Waals surface area (Å²) < 4.78 is 31.1. The van der Waals surface area contributed by atoms with Gasteiger partial charge in [-0.1, -0.05) is 65.2 Å². The fourth-order valence-corrected chi connectivity index (χ4v) is 3.47. The van der Waals surface area contributed by atoms with Crippen LogP contribution in [0, 0.1) is 0 Å². The summed E-state index contributed by atoms with van der Waals surface area (Å²) in [6, 6.07) is 0. The first-order valence-corrected chi connectivity index (χ1v) is 10.1. The average Bonchev–Trinajstić information content (AvgIpc) is 2.43. The van der Waals surface area contributed by atoms with Crippen LogP contribution in [0.2, 0.25) is 0 Å². The molecule has 0 saturated carbocycles. The second kappa shape index (κ2) is 12.4. The molecule has 0 fully saturated rings. The van der Waals surface area contributed by atoms with Crippen molar-refractivity contribution in [3.63, 3.8) is 0 Å². The lowest BCUT2D eigenvalue weighted by atomic mass is 10.0. The minimum Gasteiger partial charge on any atom is -0.393 e. The van der Waals surface area contributed by atoms with E-state index in [0.29, 0.717) is 12.8 Å². The van der Waals surface area contributed by atoms with Gasteiger partial charge in [0.15, 0.2) is 0 Å². The SMILES string of the molecule is CCC(O)CCCCCCCCCCC(CC)S(=O)(=O)O. The Morgan fingerprint density at radius 3 is 1.57 bits per heavy atom. The highest BCUT2D eigenvalue weighted by Crippen LogP contribution is 2.16. The number of hydrogen-bond donors (Lipinski definition) is 2. The summed E-state index contributed by atoms with van der Waals surface area (Å²) in [4.78, 5) is 0. The molecule has 0 amide bonds. The van der Waals surface area contributed by atoms with E-state index < -0.39 is 15.4 Å². The first kappa shape index (κ1) is 20.9. The minimum absolute atomic E-state index is 0.126. The number of rotatable bonds is 14. The van der Waals surface area contributed by atoms with Crippen molar-refractivity contribution in [3.05, 3.63) is 0 Å². The summed E-state index contributed by atoms with van der Waals surface area (Å²) in [6.45, 7) is 3.81. The second-order valence-electron chi connectivity index (χ2n) is 6.01. The van der Waals surface area contributed by atoms with Gasteiger partial charge in [-0.2, -0.15) is 8.42 Å². The molecule has 0 rings (SSSR count). The van der Waals surface area contributed by atoms with Gasteiger partial charge in [0.1, 0.15) is 0 Å². The van der Waals surface area contributed by atoms with Crippen molar-refractivity contribution in [2.45, 2.75) is 102 Å². The van der Waals surface area contributed by atoms with Gasteiger partial charge >= 0.3 is 0 Å². The molecule has 0 aromatic heterocycles. The van der Waals surface area contributed by atoms with Crippen LogP contribution in [0.3, 0.4) is 0 Å². The Kier molecular flexibility index (Phi) is 12.3. The van der Waals surface area contributed by atoms with Crippen LogP contribution in [0.5, 0.6) is 0 Å². The predicted molar refractivity (Wildman–Crippen MR) is 88.1 cm³/mol. The Labute approximate surface area is 131 Å². The minimum atomic E-state index is -3.85. The quantitative estimate of drug-likeness (QED) is 0.369. The van der Waals surface area contributed by atoms with E-state index in [1.165, 1.54) is 25.7 Å². The highest BCUT2D eigenvalue weighted by molar-refractivity contribution is 7.86. The van der Waals surface area contributed by atoms with E-state index in [4.69, 9.17) is 4.55 Å². The van der Waals surface area contributed by atoms with Crippen LogP contribution in [0.25, 0.3) is 0 Å². The van der Waals surface area contributed by atoms with Gasteiger partial charge in [0.2, 0.25) is 0 Å². The van der Waals surface area contributed by atoms with Crippen molar-refractivity contribution < 1.29 is 18.1 Å². The molecule has 2 unspecified atom stereocenters. The molecule has 0 heterocycles. The Bertz CT molecular complexity index is 327. The molecule has 0 bridgehead atoms. The number of aliphatic hydroxyl groups is 1. The van der Waals surface area contributed by atoms with Gasteiger partial charge in [-0.3, -0.25) is 4.55 Å². The van der Waals surface area contributed by atoms with Gasteiger partial charge in [-0.25, -0.2) is 0 Å². The molecule has 21 heavy (non-hydrogen) atoms. The molecule has 0 aromatic carbocycles. The zero-order valence-electron chi connectivity index (χ0n) is 13.8. The van der Waals surface area contributed by atoms with Crippen molar-refractivity contribution in [2.24, 2.45) is 0 Å². The van der Waals surface area contributed by atoms with Crippen molar-refractivity contribution in [1.29, 1.82) is 0 Å². The molecule has 5 heteroatoms. The molecule has 2 atom stereocenters. The van der Waals surface area contributed by atoms with E-state index in [2.05, 4.69) is 0 Å². The van der Waals surface area contributed by atoms with Crippen molar-refractivity contribution >= 4 is 10.1 Å². The van der Waals surface area contributed by atoms with Crippen LogP contribution in [0.4, 0.5) is 0 Å². The van der Waals surface area contributed by atoms with E-state index in [0.717, 1.165) is 38.5 Å². The van der Waals surface area contributed by atoms with Gasteiger partial charge in [-0.05, 0) is 25.7 Å². The summed E-state index contributed by atoms with van der Waals surface area (Å²) >= 11 is 0. The van der Waals surface area contributed by atoms with Gasteiger partial charge < -0.3 is 5.11 Å². The van der Waals surface area contributed by atoms with Crippen LogP contribution in [0.1, 0.15) is 90.9 Å². The molecule has 0 aliphatic carbocycles. The lowest BCUT2D eigenvalue weighted by Gasteiger charge is -2.10. The lowest BCUT2D eigenvalue weighted by Crippen LogP contribution is -2.19. The van der Waals surface area contributed by atoms with Gasteiger partial charge in [0.05, 0.1) is 11.4 Å². The van der Waals surface area contributed by atoms with Crippen molar-refractivity contribution in [3.8, 4) is 0 Å². The molecule has 0 spiro atoms. The predicted octanol–water partition coefficient (Wildman–Crippen LogP) is 4.32. The van der Waals surface area contributed by atoms with Gasteiger partial charge in [-0.15, -0.1) is 0 Å². The third-order valence-electron chi connectivity index (χ3n) is 4.16. The fourth-order valence-electron chi connectivity index (χ4n) is 2.58. The smallest absolute Gasteiger partial charge is 0.267 e. The first-order valence-electron chi connectivity index (χ1n) is 8.56. The molecule has 0 aromatic rings. The zero-order valence-corrected chi connectivity index (χ0v) is 14.6. The van der Waals surface area contributed by atoms with E-state index in [1.807, 2.05) is 6.92 Å². The number of hydrogen-bond acceptors (Lipinski definition) is 3. The molecule has 128 valence electrons. The Hall–Kier alpha value is -0.130. The summed E-state index contributed by atoms with van der Waals surface area (Å²) in [5, 5.41) is 8.84. The van der Waals surface area contributed by atoms with Crippen LogP contribution in [-0.4, -0.2) is 29.4 Å². The van der Waals surface area contributed by atoms with E-state index in [1.54, 1.807) is 6.92 Å². The Morgan fingerprint density at radius 2 is 1.19 bits per heavy atom. The van der Waals surface area contributed by atoms with Crippen LogP contribution < -0.4 is 0 Å². The molecular weight excluding hydrogens is 288 g/mol. The highest BCUT2D eigenvalue weighted by Gasteiger charge is 2.19. The molecule has 0 radical (unpaired) electrons. The summed E-state index contributed by atoms with van der Waals surface area (Å²) in [7, 11) is -3.85. The summed E-state index contributed by atoms with van der Waals surface area (Å²) in [5.41, 5.74) is 0. The lowest BCUT2D eigenvalue weighted by molar-refractivity contribution is 0.156. The monoisotopic (exact) mass is 322 g/mol. The Morgan fingerprint density at radius 1 is 0.762 bits per heavy atom. The average molecular weight is 323 g/mol. The van der Waals surface area contributed by atoms with Crippen LogP contribution in [-0.2, 0) is 10.1 Å². The highest BCUT2D eigenvalue weighted by atomic mass is 32.2. The van der Waals surface area contributed by atoms with E-state index >= 15 is 0 Å². The normalized spacial score (nSPS) is 15.0. The zero-order chi connectivity index (χ0) is 16.1. The first-order chi connectivity index (χ1) is 9.91. The van der Waals surface area contributed by atoms with Crippen molar-refractivity contribution in [2.75, 3.05) is 0 Å². The third kappa shape index (κ3) is 12.1. The maximum Gasteiger partial charge on any atom is 0.267 e. The number of unbranched alkanes of at least 4 members (excludes halogenated alkanes) is 7. The maximum atomic E-state index is 11.0. The van der Waals surface area contributed by atoms with Gasteiger partial charge in [0, 0.05) is 0 Å². The second-order valence-corrected chi connectivity index (χ2v) is 7.71. The largest absolute Gasteiger partial charge is 0.393 e.